The molecule has 0 heterocycles. The van der Waals surface area contributed by atoms with E-state index in [0.29, 0.717) is 0 Å². The molecule has 2 aliphatic rings. The van der Waals surface area contributed by atoms with E-state index in [2.05, 4.69) is 19.2 Å². The Bertz CT molecular complexity index is 174. The second-order valence-corrected chi connectivity index (χ2v) is 5.05. The van der Waals surface area contributed by atoms with Gasteiger partial charge in [0.15, 0.2) is 0 Å². The monoisotopic (exact) mass is 181 g/mol. The van der Waals surface area contributed by atoms with Crippen molar-refractivity contribution in [2.24, 2.45) is 11.3 Å². The molecule has 0 bridgehead atoms. The molecule has 1 nitrogen and oxygen atoms in total. The van der Waals surface area contributed by atoms with Gasteiger partial charge in [0.05, 0.1) is 0 Å². The first kappa shape index (κ1) is 9.51. The third-order valence-corrected chi connectivity index (χ3v) is 4.04. The molecule has 1 heteroatoms. The minimum absolute atomic E-state index is 0.761. The summed E-state index contributed by atoms with van der Waals surface area (Å²) >= 11 is 0. The molecule has 0 aromatic carbocycles. The summed E-state index contributed by atoms with van der Waals surface area (Å²) in [5, 5.41) is 3.67. The average molecular weight is 181 g/mol. The van der Waals surface area contributed by atoms with Crippen LogP contribution in [-0.4, -0.2) is 12.6 Å². The lowest BCUT2D eigenvalue weighted by Crippen LogP contribution is -2.21. The maximum Gasteiger partial charge on any atom is 0.00683 e. The zero-order chi connectivity index (χ0) is 9.31. The van der Waals surface area contributed by atoms with E-state index in [0.717, 1.165) is 17.4 Å². The molecule has 0 aromatic heterocycles. The summed E-state index contributed by atoms with van der Waals surface area (Å²) in [6.45, 7) is 5.99. The Labute approximate surface area is 82.3 Å². The second kappa shape index (κ2) is 3.61. The predicted octanol–water partition coefficient (Wildman–Crippen LogP) is 2.95. The van der Waals surface area contributed by atoms with Crippen LogP contribution >= 0.6 is 0 Å². The average Bonchev–Trinajstić information content (AvgIpc) is 2.98. The Morgan fingerprint density at radius 3 is 2.62 bits per heavy atom. The Kier molecular flexibility index (Phi) is 2.64. The molecule has 2 rings (SSSR count). The van der Waals surface area contributed by atoms with E-state index in [1.165, 1.54) is 45.1 Å². The quantitative estimate of drug-likeness (QED) is 0.664. The number of rotatable bonds is 6. The first-order valence-corrected chi connectivity index (χ1v) is 6.04. The largest absolute Gasteiger partial charge is 0.314 e. The summed E-state index contributed by atoms with van der Waals surface area (Å²) < 4.78 is 0. The molecular weight excluding hydrogens is 158 g/mol. The molecule has 76 valence electrons. The van der Waals surface area contributed by atoms with Gasteiger partial charge in [-0.15, -0.1) is 0 Å². The Morgan fingerprint density at radius 2 is 2.08 bits per heavy atom. The molecule has 2 saturated carbocycles. The van der Waals surface area contributed by atoms with Crippen molar-refractivity contribution >= 4 is 0 Å². The lowest BCUT2D eigenvalue weighted by molar-refractivity contribution is 0.388. The highest BCUT2D eigenvalue weighted by atomic mass is 15.0. The van der Waals surface area contributed by atoms with E-state index in [-0.39, 0.29) is 0 Å². The van der Waals surface area contributed by atoms with Crippen molar-refractivity contribution in [1.29, 1.82) is 0 Å². The number of hydrogen-bond donors (Lipinski definition) is 1. The van der Waals surface area contributed by atoms with Crippen molar-refractivity contribution in [2.45, 2.75) is 58.4 Å². The maximum absolute atomic E-state index is 3.67. The van der Waals surface area contributed by atoms with Crippen LogP contribution in [0.2, 0.25) is 0 Å². The fourth-order valence-corrected chi connectivity index (χ4v) is 2.73. The smallest absolute Gasteiger partial charge is 0.00683 e. The van der Waals surface area contributed by atoms with Crippen LogP contribution in [0.5, 0.6) is 0 Å². The summed E-state index contributed by atoms with van der Waals surface area (Å²) in [7, 11) is 0. The molecule has 13 heavy (non-hydrogen) atoms. The van der Waals surface area contributed by atoms with Crippen LogP contribution in [0.25, 0.3) is 0 Å². The Balaban J connectivity index is 1.70. The maximum atomic E-state index is 3.67. The van der Waals surface area contributed by atoms with E-state index in [9.17, 15) is 0 Å². The number of nitrogens with one attached hydrogen (secondary N) is 1. The van der Waals surface area contributed by atoms with Crippen molar-refractivity contribution in [3.05, 3.63) is 0 Å². The SMILES string of the molecule is CCCC1(CC)CC1CNC1CC1. The standard InChI is InChI=1S/C12H23N/c1-3-7-12(4-2)8-10(12)9-13-11-5-6-11/h10-11,13H,3-9H2,1-2H3. The van der Waals surface area contributed by atoms with Gasteiger partial charge in [0, 0.05) is 6.04 Å². The molecule has 2 atom stereocenters. The van der Waals surface area contributed by atoms with Crippen molar-refractivity contribution < 1.29 is 0 Å². The first-order chi connectivity index (χ1) is 6.30. The lowest BCUT2D eigenvalue weighted by Gasteiger charge is -2.13. The molecule has 0 spiro atoms. The minimum Gasteiger partial charge on any atom is -0.314 e. The molecule has 0 aliphatic heterocycles. The first-order valence-electron chi connectivity index (χ1n) is 6.04. The van der Waals surface area contributed by atoms with Gasteiger partial charge in [0.2, 0.25) is 0 Å². The van der Waals surface area contributed by atoms with Gasteiger partial charge in [-0.1, -0.05) is 26.7 Å². The van der Waals surface area contributed by atoms with Crippen LogP contribution in [0.1, 0.15) is 52.4 Å². The van der Waals surface area contributed by atoms with E-state index in [4.69, 9.17) is 0 Å². The summed E-state index contributed by atoms with van der Waals surface area (Å²) in [6, 6.07) is 0.900. The summed E-state index contributed by atoms with van der Waals surface area (Å²) in [5.41, 5.74) is 0.761. The van der Waals surface area contributed by atoms with E-state index >= 15 is 0 Å². The molecule has 0 amide bonds. The van der Waals surface area contributed by atoms with Crippen LogP contribution in [0.15, 0.2) is 0 Å². The summed E-state index contributed by atoms with van der Waals surface area (Å²) in [4.78, 5) is 0. The topological polar surface area (TPSA) is 12.0 Å². The minimum atomic E-state index is 0.761. The van der Waals surface area contributed by atoms with Crippen molar-refractivity contribution in [3.8, 4) is 0 Å². The molecule has 1 N–H and O–H groups in total. The van der Waals surface area contributed by atoms with Crippen molar-refractivity contribution in [1.82, 2.24) is 5.32 Å². The highest BCUT2D eigenvalue weighted by molar-refractivity contribution is 5.02. The Morgan fingerprint density at radius 1 is 1.31 bits per heavy atom. The molecule has 0 radical (unpaired) electrons. The van der Waals surface area contributed by atoms with Crippen molar-refractivity contribution in [3.63, 3.8) is 0 Å². The number of hydrogen-bond acceptors (Lipinski definition) is 1. The predicted molar refractivity (Wildman–Crippen MR) is 56.8 cm³/mol. The molecule has 0 aromatic rings. The van der Waals surface area contributed by atoms with Gasteiger partial charge in [-0.3, -0.25) is 0 Å². The van der Waals surface area contributed by atoms with Gasteiger partial charge in [0.1, 0.15) is 0 Å². The Hall–Kier alpha value is -0.0400. The van der Waals surface area contributed by atoms with Crippen LogP contribution in [0, 0.1) is 11.3 Å². The normalized spacial score (nSPS) is 37.8. The third kappa shape index (κ3) is 2.07. The van der Waals surface area contributed by atoms with Gasteiger partial charge in [-0.2, -0.15) is 0 Å². The second-order valence-electron chi connectivity index (χ2n) is 5.05. The molecule has 0 saturated heterocycles. The van der Waals surface area contributed by atoms with Gasteiger partial charge >= 0.3 is 0 Å². The lowest BCUT2D eigenvalue weighted by atomic mass is 9.94. The van der Waals surface area contributed by atoms with E-state index < -0.39 is 0 Å². The summed E-state index contributed by atoms with van der Waals surface area (Å²) in [5.74, 6) is 1.01. The van der Waals surface area contributed by atoms with Crippen LogP contribution in [0.3, 0.4) is 0 Å². The zero-order valence-electron chi connectivity index (χ0n) is 9.10. The van der Waals surface area contributed by atoms with E-state index in [1.807, 2.05) is 0 Å². The van der Waals surface area contributed by atoms with Crippen LogP contribution < -0.4 is 5.32 Å². The van der Waals surface area contributed by atoms with Crippen molar-refractivity contribution in [2.75, 3.05) is 6.54 Å². The fourth-order valence-electron chi connectivity index (χ4n) is 2.73. The van der Waals surface area contributed by atoms with Gasteiger partial charge in [-0.25, -0.2) is 0 Å². The third-order valence-electron chi connectivity index (χ3n) is 4.04. The molecule has 2 unspecified atom stereocenters. The molecular formula is C12H23N. The van der Waals surface area contributed by atoms with Crippen LogP contribution in [-0.2, 0) is 0 Å². The van der Waals surface area contributed by atoms with E-state index in [1.54, 1.807) is 0 Å². The summed E-state index contributed by atoms with van der Waals surface area (Å²) in [6.07, 6.45) is 8.59. The molecule has 2 fully saturated rings. The zero-order valence-corrected chi connectivity index (χ0v) is 9.10. The van der Waals surface area contributed by atoms with Gasteiger partial charge < -0.3 is 5.32 Å². The highest BCUT2D eigenvalue weighted by Crippen LogP contribution is 2.58. The highest BCUT2D eigenvalue weighted by Gasteiger charge is 2.51. The molecule has 2 aliphatic carbocycles. The fraction of sp³-hybridized carbons (Fsp3) is 1.00. The van der Waals surface area contributed by atoms with Gasteiger partial charge in [-0.05, 0) is 43.6 Å². The van der Waals surface area contributed by atoms with Crippen LogP contribution in [0.4, 0.5) is 0 Å². The van der Waals surface area contributed by atoms with Gasteiger partial charge in [0.25, 0.3) is 0 Å².